The lowest BCUT2D eigenvalue weighted by atomic mass is 9.99. The molecule has 3 atom stereocenters. The lowest BCUT2D eigenvalue weighted by Crippen LogP contribution is -2.37. The maximum Gasteiger partial charge on any atom is 0.267 e. The molecule has 3 heterocycles. The number of amidine groups is 1. The zero-order valence-electron chi connectivity index (χ0n) is 22.4. The van der Waals surface area contributed by atoms with Gasteiger partial charge in [-0.3, -0.25) is 4.99 Å². The highest BCUT2D eigenvalue weighted by Gasteiger charge is 2.43. The third kappa shape index (κ3) is 5.17. The Morgan fingerprint density at radius 3 is 2.52 bits per heavy atom. The molecule has 7 nitrogen and oxygen atoms in total. The predicted molar refractivity (Wildman–Crippen MR) is 172 cm³/mol. The average Bonchev–Trinajstić information content (AvgIpc) is 3.76. The molecule has 1 fully saturated rings. The van der Waals surface area contributed by atoms with Gasteiger partial charge in [-0.15, -0.1) is 0 Å². The van der Waals surface area contributed by atoms with Crippen LogP contribution in [0, 0.1) is 0 Å². The fraction of sp³-hybridized carbons (Fsp3) is 0.121. The number of hydrogen-bond acceptors (Lipinski definition) is 5. The van der Waals surface area contributed by atoms with Crippen molar-refractivity contribution >= 4 is 55.8 Å². The van der Waals surface area contributed by atoms with Crippen LogP contribution in [-0.2, 0) is 15.9 Å². The van der Waals surface area contributed by atoms with Crippen LogP contribution in [0.5, 0.6) is 0 Å². The third-order valence-electron chi connectivity index (χ3n) is 7.38. The molecule has 2 aliphatic heterocycles. The zero-order chi connectivity index (χ0) is 28.5. The van der Waals surface area contributed by atoms with Gasteiger partial charge in [0.25, 0.3) is 6.29 Å². The number of imidazole rings is 1. The van der Waals surface area contributed by atoms with Crippen LogP contribution >= 0.6 is 28.1 Å². The minimum Gasteiger partial charge on any atom is -0.455 e. The molecule has 0 bridgehead atoms. The summed E-state index contributed by atoms with van der Waals surface area (Å²) in [5.41, 5.74) is 5.86. The zero-order valence-corrected chi connectivity index (χ0v) is 24.8. The van der Waals surface area contributed by atoms with Crippen LogP contribution in [0.3, 0.4) is 0 Å². The van der Waals surface area contributed by atoms with Crippen LogP contribution in [0.15, 0.2) is 131 Å². The van der Waals surface area contributed by atoms with Gasteiger partial charge in [0.15, 0.2) is 16.9 Å². The van der Waals surface area contributed by atoms with E-state index in [4.69, 9.17) is 26.7 Å². The summed E-state index contributed by atoms with van der Waals surface area (Å²) in [5.74, 6) is 1.30. The van der Waals surface area contributed by atoms with Crippen LogP contribution in [-0.4, -0.2) is 27.0 Å². The van der Waals surface area contributed by atoms with Gasteiger partial charge >= 0.3 is 0 Å². The van der Waals surface area contributed by atoms with E-state index in [-0.39, 0.29) is 6.04 Å². The number of nitrogens with one attached hydrogen (secondary N) is 2. The van der Waals surface area contributed by atoms with Gasteiger partial charge in [-0.05, 0) is 54.0 Å². The molecule has 208 valence electrons. The Hall–Kier alpha value is -4.47. The van der Waals surface area contributed by atoms with Crippen LogP contribution in [0.25, 0.3) is 11.0 Å². The summed E-state index contributed by atoms with van der Waals surface area (Å²) in [4.78, 5) is 15.0. The number of aromatic nitrogens is 2. The van der Waals surface area contributed by atoms with Gasteiger partial charge in [0.1, 0.15) is 12.1 Å². The number of thiocarbonyl (C=S) groups is 1. The summed E-state index contributed by atoms with van der Waals surface area (Å²) in [7, 11) is 0. The minimum atomic E-state index is -0.601. The van der Waals surface area contributed by atoms with Crippen LogP contribution < -0.4 is 10.2 Å². The van der Waals surface area contributed by atoms with E-state index in [1.54, 1.807) is 12.6 Å². The van der Waals surface area contributed by atoms with Gasteiger partial charge in [0.05, 0.1) is 23.4 Å². The van der Waals surface area contributed by atoms with E-state index < -0.39 is 12.3 Å². The quantitative estimate of drug-likeness (QED) is 0.182. The molecule has 1 saturated heterocycles. The van der Waals surface area contributed by atoms with Crippen molar-refractivity contribution in [2.24, 2.45) is 4.99 Å². The Bertz CT molecular complexity index is 1810. The Morgan fingerprint density at radius 1 is 0.952 bits per heavy atom. The number of halogens is 1. The SMILES string of the molecule is S=C1NC(=NC(Cc2ccccc2)c2ccccc2)C(C2=COC(c3ccccc3Br)O2)N1c1ccc2[nH]cnc2c1. The van der Waals surface area contributed by atoms with Gasteiger partial charge < -0.3 is 24.7 Å². The Morgan fingerprint density at radius 2 is 1.71 bits per heavy atom. The molecule has 3 unspecified atom stereocenters. The normalized spacial score (nSPS) is 19.8. The van der Waals surface area contributed by atoms with Crippen molar-refractivity contribution in [1.29, 1.82) is 0 Å². The Balaban J connectivity index is 1.30. The van der Waals surface area contributed by atoms with Crippen LogP contribution in [0.2, 0.25) is 0 Å². The second-order valence-corrected chi connectivity index (χ2v) is 11.3. The number of benzene rings is 4. The number of hydrogen-bond donors (Lipinski definition) is 2. The van der Waals surface area contributed by atoms with E-state index in [2.05, 4.69) is 67.6 Å². The lowest BCUT2D eigenvalue weighted by molar-refractivity contribution is -0.0356. The number of rotatable bonds is 7. The standard InChI is InChI=1S/C33H26BrN5O2S/c34-25-14-8-7-13-24(25)32-40-19-29(41-32)30-31(38-33(42)39(30)23-15-16-26-28(18-23)36-20-35-26)37-27(22-11-5-2-6-12-22)17-21-9-3-1-4-10-21/h1-16,18-20,27,30,32H,17H2,(H,35,36)(H,37,38,42). The van der Waals surface area contributed by atoms with Gasteiger partial charge in [0.2, 0.25) is 0 Å². The number of aliphatic imine (C=N–C) groups is 1. The highest BCUT2D eigenvalue weighted by Crippen LogP contribution is 2.38. The van der Waals surface area contributed by atoms with Gasteiger partial charge in [-0.25, -0.2) is 4.98 Å². The molecule has 9 heteroatoms. The first kappa shape index (κ1) is 26.4. The second kappa shape index (κ2) is 11.4. The molecular formula is C33H26BrN5O2S. The fourth-order valence-electron chi connectivity index (χ4n) is 5.34. The van der Waals surface area contributed by atoms with Crippen molar-refractivity contribution in [2.75, 3.05) is 4.90 Å². The van der Waals surface area contributed by atoms with E-state index in [9.17, 15) is 0 Å². The van der Waals surface area contributed by atoms with E-state index in [1.165, 1.54) is 5.56 Å². The van der Waals surface area contributed by atoms with Gasteiger partial charge in [0, 0.05) is 15.7 Å². The van der Waals surface area contributed by atoms with E-state index in [0.717, 1.165) is 38.7 Å². The molecule has 5 aromatic rings. The number of anilines is 1. The number of H-pyrrole nitrogens is 1. The molecule has 1 aromatic heterocycles. The fourth-order valence-corrected chi connectivity index (χ4v) is 6.12. The summed E-state index contributed by atoms with van der Waals surface area (Å²) in [6.45, 7) is 0. The number of nitrogens with zero attached hydrogens (tertiary/aromatic N) is 3. The predicted octanol–water partition coefficient (Wildman–Crippen LogP) is 7.36. The highest BCUT2D eigenvalue weighted by atomic mass is 79.9. The van der Waals surface area contributed by atoms with Crippen LogP contribution in [0.1, 0.15) is 29.0 Å². The Kier molecular flexibility index (Phi) is 7.19. The Labute approximate surface area is 257 Å². The minimum absolute atomic E-state index is 0.155. The molecule has 2 N–H and O–H groups in total. The first-order valence-corrected chi connectivity index (χ1v) is 14.8. The van der Waals surface area contributed by atoms with E-state index in [0.29, 0.717) is 16.7 Å². The molecule has 0 spiro atoms. The first-order valence-electron chi connectivity index (χ1n) is 13.6. The van der Waals surface area contributed by atoms with Crippen molar-refractivity contribution in [3.05, 3.63) is 143 Å². The van der Waals surface area contributed by atoms with E-state index in [1.807, 2.05) is 71.6 Å². The van der Waals surface area contributed by atoms with Crippen molar-refractivity contribution in [2.45, 2.75) is 24.8 Å². The van der Waals surface area contributed by atoms with Gasteiger partial charge in [-0.2, -0.15) is 0 Å². The summed E-state index contributed by atoms with van der Waals surface area (Å²) >= 11 is 9.56. The summed E-state index contributed by atoms with van der Waals surface area (Å²) < 4.78 is 13.5. The first-order chi connectivity index (χ1) is 20.6. The summed E-state index contributed by atoms with van der Waals surface area (Å²) in [6, 6.07) is 34.0. The van der Waals surface area contributed by atoms with Crippen molar-refractivity contribution in [3.8, 4) is 0 Å². The number of aromatic amines is 1. The molecule has 0 saturated carbocycles. The van der Waals surface area contributed by atoms with Crippen molar-refractivity contribution < 1.29 is 9.47 Å². The average molecular weight is 637 g/mol. The maximum absolute atomic E-state index is 6.49. The van der Waals surface area contributed by atoms with Crippen molar-refractivity contribution in [1.82, 2.24) is 15.3 Å². The number of ether oxygens (including phenoxy) is 2. The third-order valence-corrected chi connectivity index (χ3v) is 8.41. The molecular weight excluding hydrogens is 610 g/mol. The second-order valence-electron chi connectivity index (χ2n) is 10.1. The monoisotopic (exact) mass is 635 g/mol. The lowest BCUT2D eigenvalue weighted by Gasteiger charge is -2.25. The molecule has 42 heavy (non-hydrogen) atoms. The largest absolute Gasteiger partial charge is 0.455 e. The maximum atomic E-state index is 6.49. The molecule has 0 amide bonds. The summed E-state index contributed by atoms with van der Waals surface area (Å²) in [6.07, 6.45) is 3.49. The molecule has 0 radical (unpaired) electrons. The summed E-state index contributed by atoms with van der Waals surface area (Å²) in [5, 5.41) is 3.94. The van der Waals surface area contributed by atoms with Crippen LogP contribution in [0.4, 0.5) is 5.69 Å². The number of fused-ring (bicyclic) bond motifs is 1. The smallest absolute Gasteiger partial charge is 0.267 e. The molecule has 4 aromatic carbocycles. The topological polar surface area (TPSA) is 74.8 Å². The highest BCUT2D eigenvalue weighted by molar-refractivity contribution is 9.10. The molecule has 2 aliphatic rings. The van der Waals surface area contributed by atoms with Crippen molar-refractivity contribution in [3.63, 3.8) is 0 Å². The molecule has 0 aliphatic carbocycles. The molecule has 7 rings (SSSR count). The van der Waals surface area contributed by atoms with Gasteiger partial charge in [-0.1, -0.05) is 94.8 Å². The van der Waals surface area contributed by atoms with E-state index >= 15 is 0 Å².